The van der Waals surface area contributed by atoms with Crippen LogP contribution in [0, 0.1) is 5.92 Å². The van der Waals surface area contributed by atoms with E-state index >= 15 is 0 Å². The van der Waals surface area contributed by atoms with Gasteiger partial charge < -0.3 is 10.2 Å². The Bertz CT molecular complexity index is 856. The number of carboxylic acids is 2. The molecule has 1 heterocycles. The lowest BCUT2D eigenvalue weighted by Crippen LogP contribution is -2.50. The zero-order valence-corrected chi connectivity index (χ0v) is 16.3. The Labute approximate surface area is 163 Å². The van der Waals surface area contributed by atoms with Crippen LogP contribution in [0.5, 0.6) is 0 Å². The average Bonchev–Trinajstić information content (AvgIpc) is 3.00. The Morgan fingerprint density at radius 3 is 2.14 bits per heavy atom. The molecule has 2 aromatic rings. The molecule has 0 fully saturated rings. The number of carboxylic acid groups (broad SMARTS) is 2. The van der Waals surface area contributed by atoms with Crippen molar-refractivity contribution in [1.82, 2.24) is 14.5 Å². The van der Waals surface area contributed by atoms with Crippen LogP contribution in [0.25, 0.3) is 0 Å². The Kier molecular flexibility index (Phi) is 7.17. The molecule has 0 amide bonds. The van der Waals surface area contributed by atoms with Gasteiger partial charge in [0.05, 0.1) is 12.6 Å². The van der Waals surface area contributed by atoms with Crippen molar-refractivity contribution >= 4 is 11.9 Å². The number of nitrogens with one attached hydrogen (secondary N) is 1. The number of aliphatic carboxylic acids is 2. The number of carbonyl (C=O) groups is 2. The number of hydrogen-bond acceptors (Lipinski definition) is 4. The molecule has 0 saturated carbocycles. The van der Waals surface area contributed by atoms with Crippen LogP contribution < -0.4 is 11.0 Å². The molecular formula is C20H27N3O5. The van der Waals surface area contributed by atoms with E-state index in [1.54, 1.807) is 6.20 Å². The quantitative estimate of drug-likeness (QED) is 0.571. The maximum atomic E-state index is 12.7. The molecule has 2 rings (SSSR count). The Balaban J connectivity index is 2.20. The first-order valence-corrected chi connectivity index (χ1v) is 9.24. The maximum Gasteiger partial charge on any atom is 0.328 e. The fourth-order valence-electron chi connectivity index (χ4n) is 3.11. The largest absolute Gasteiger partial charge is 0.480 e. The van der Waals surface area contributed by atoms with E-state index in [2.05, 4.69) is 5.32 Å². The van der Waals surface area contributed by atoms with Gasteiger partial charge in [-0.2, -0.15) is 0 Å². The molecule has 0 radical (unpaired) electrons. The molecule has 0 aliphatic heterocycles. The van der Waals surface area contributed by atoms with E-state index in [1.165, 1.54) is 15.3 Å². The summed E-state index contributed by atoms with van der Waals surface area (Å²) in [7, 11) is 0. The minimum Gasteiger partial charge on any atom is -0.480 e. The van der Waals surface area contributed by atoms with Gasteiger partial charge in [-0.05, 0) is 24.8 Å². The molecule has 3 N–H and O–H groups in total. The van der Waals surface area contributed by atoms with Crippen LogP contribution >= 0.6 is 0 Å². The van der Waals surface area contributed by atoms with Gasteiger partial charge in [-0.3, -0.25) is 24.0 Å². The van der Waals surface area contributed by atoms with Crippen LogP contribution in [-0.4, -0.2) is 43.4 Å². The van der Waals surface area contributed by atoms with E-state index in [4.69, 9.17) is 0 Å². The highest BCUT2D eigenvalue weighted by molar-refractivity contribution is 5.77. The summed E-state index contributed by atoms with van der Waals surface area (Å²) in [5.74, 6) is -2.23. The fraction of sp³-hybridized carbons (Fsp3) is 0.450. The van der Waals surface area contributed by atoms with Crippen LogP contribution in [0.4, 0.5) is 0 Å². The first-order chi connectivity index (χ1) is 13.2. The number of imidazole rings is 1. The second kappa shape index (κ2) is 9.36. The van der Waals surface area contributed by atoms with Crippen molar-refractivity contribution in [2.45, 2.75) is 51.9 Å². The SMILES string of the molecule is CC(C)CC(NC(Cn1ccn(C(C)c2ccccc2)c1=O)C(=O)O)C(=O)O. The topological polar surface area (TPSA) is 114 Å². The third-order valence-corrected chi connectivity index (χ3v) is 4.66. The summed E-state index contributed by atoms with van der Waals surface area (Å²) in [5, 5.41) is 21.5. The van der Waals surface area contributed by atoms with Gasteiger partial charge in [0.15, 0.2) is 0 Å². The molecule has 0 saturated heterocycles. The lowest BCUT2D eigenvalue weighted by atomic mass is 10.0. The standard InChI is InChI=1S/C20H27N3O5/c1-13(2)11-16(18(24)25)21-17(19(26)27)12-22-9-10-23(20(22)28)14(3)15-7-5-4-6-8-15/h4-10,13-14,16-17,21H,11-12H2,1-3H3,(H,24,25)(H,26,27). The summed E-state index contributed by atoms with van der Waals surface area (Å²) >= 11 is 0. The lowest BCUT2D eigenvalue weighted by molar-refractivity contribution is -0.143. The van der Waals surface area contributed by atoms with Gasteiger partial charge in [0.1, 0.15) is 12.1 Å². The van der Waals surface area contributed by atoms with Crippen molar-refractivity contribution in [1.29, 1.82) is 0 Å². The van der Waals surface area contributed by atoms with Gasteiger partial charge >= 0.3 is 17.6 Å². The number of aromatic nitrogens is 2. The van der Waals surface area contributed by atoms with E-state index in [-0.39, 0.29) is 24.2 Å². The molecule has 1 aromatic carbocycles. The molecular weight excluding hydrogens is 362 g/mol. The van der Waals surface area contributed by atoms with Crippen LogP contribution in [0.15, 0.2) is 47.5 Å². The highest BCUT2D eigenvalue weighted by Crippen LogP contribution is 2.15. The maximum absolute atomic E-state index is 12.7. The van der Waals surface area contributed by atoms with Crippen molar-refractivity contribution in [2.24, 2.45) is 5.92 Å². The van der Waals surface area contributed by atoms with Crippen molar-refractivity contribution in [3.05, 3.63) is 58.8 Å². The fourth-order valence-corrected chi connectivity index (χ4v) is 3.11. The van der Waals surface area contributed by atoms with Gasteiger partial charge in [-0.15, -0.1) is 0 Å². The van der Waals surface area contributed by atoms with Gasteiger partial charge in [-0.1, -0.05) is 44.2 Å². The Morgan fingerprint density at radius 1 is 1.00 bits per heavy atom. The molecule has 1 aromatic heterocycles. The Morgan fingerprint density at radius 2 is 1.61 bits per heavy atom. The molecule has 0 spiro atoms. The summed E-state index contributed by atoms with van der Waals surface area (Å²) in [6, 6.07) is 7.10. The summed E-state index contributed by atoms with van der Waals surface area (Å²) in [6.45, 7) is 5.45. The molecule has 8 heteroatoms. The number of benzene rings is 1. The minimum absolute atomic E-state index is 0.0820. The van der Waals surface area contributed by atoms with E-state index < -0.39 is 24.0 Å². The first kappa shape index (κ1) is 21.4. The van der Waals surface area contributed by atoms with Crippen molar-refractivity contribution < 1.29 is 19.8 Å². The number of rotatable bonds is 10. The summed E-state index contributed by atoms with van der Waals surface area (Å²) in [6.07, 6.45) is 3.43. The lowest BCUT2D eigenvalue weighted by Gasteiger charge is -2.21. The van der Waals surface area contributed by atoms with Gasteiger partial charge in [0, 0.05) is 12.4 Å². The van der Waals surface area contributed by atoms with Crippen LogP contribution in [0.2, 0.25) is 0 Å². The van der Waals surface area contributed by atoms with Gasteiger partial charge in [-0.25, -0.2) is 4.79 Å². The normalized spacial score (nSPS) is 14.6. The van der Waals surface area contributed by atoms with E-state index in [1.807, 2.05) is 51.1 Å². The second-order valence-electron chi connectivity index (χ2n) is 7.30. The van der Waals surface area contributed by atoms with Crippen molar-refractivity contribution in [3.63, 3.8) is 0 Å². The van der Waals surface area contributed by atoms with Crippen LogP contribution in [0.1, 0.15) is 38.8 Å². The molecule has 3 unspecified atom stereocenters. The van der Waals surface area contributed by atoms with E-state index in [9.17, 15) is 24.6 Å². The molecule has 0 aliphatic carbocycles. The summed E-state index contributed by atoms with van der Waals surface area (Å²) in [5.41, 5.74) is 0.610. The number of hydrogen-bond donors (Lipinski definition) is 3. The van der Waals surface area contributed by atoms with Crippen LogP contribution in [0.3, 0.4) is 0 Å². The predicted molar refractivity (Wildman–Crippen MR) is 104 cm³/mol. The molecule has 8 nitrogen and oxygen atoms in total. The third kappa shape index (κ3) is 5.32. The van der Waals surface area contributed by atoms with Crippen LogP contribution in [-0.2, 0) is 16.1 Å². The monoisotopic (exact) mass is 389 g/mol. The smallest absolute Gasteiger partial charge is 0.328 e. The zero-order valence-electron chi connectivity index (χ0n) is 16.3. The molecule has 3 atom stereocenters. The Hall–Kier alpha value is -2.87. The highest BCUT2D eigenvalue weighted by Gasteiger charge is 2.27. The number of nitrogens with zero attached hydrogens (tertiary/aromatic N) is 2. The first-order valence-electron chi connectivity index (χ1n) is 9.24. The minimum atomic E-state index is -1.20. The highest BCUT2D eigenvalue weighted by atomic mass is 16.4. The average molecular weight is 389 g/mol. The molecule has 0 aliphatic rings. The second-order valence-corrected chi connectivity index (χ2v) is 7.30. The van der Waals surface area contributed by atoms with E-state index in [0.717, 1.165) is 5.56 Å². The van der Waals surface area contributed by atoms with Gasteiger partial charge in [0.25, 0.3) is 0 Å². The zero-order chi connectivity index (χ0) is 20.8. The summed E-state index contributed by atoms with van der Waals surface area (Å²) in [4.78, 5) is 35.8. The molecule has 0 bridgehead atoms. The van der Waals surface area contributed by atoms with Gasteiger partial charge in [0.2, 0.25) is 0 Å². The molecule has 152 valence electrons. The summed E-state index contributed by atoms with van der Waals surface area (Å²) < 4.78 is 2.82. The third-order valence-electron chi connectivity index (χ3n) is 4.66. The molecule has 28 heavy (non-hydrogen) atoms. The van der Waals surface area contributed by atoms with E-state index in [0.29, 0.717) is 6.42 Å². The van der Waals surface area contributed by atoms with Crippen molar-refractivity contribution in [3.8, 4) is 0 Å². The predicted octanol–water partition coefficient (Wildman–Crippen LogP) is 1.80. The van der Waals surface area contributed by atoms with Crippen molar-refractivity contribution in [2.75, 3.05) is 0 Å².